The number of carboxylic acid groups (broad SMARTS) is 1. The summed E-state index contributed by atoms with van der Waals surface area (Å²) in [4.78, 5) is 22.2. The van der Waals surface area contributed by atoms with Crippen molar-refractivity contribution < 1.29 is 24.2 Å². The van der Waals surface area contributed by atoms with Gasteiger partial charge in [0.25, 0.3) is 0 Å². The molecule has 2 rings (SSSR count). The van der Waals surface area contributed by atoms with Crippen molar-refractivity contribution in [3.63, 3.8) is 0 Å². The number of rotatable bonds is 6. The van der Waals surface area contributed by atoms with Crippen LogP contribution in [0.15, 0.2) is 30.3 Å². The first-order chi connectivity index (χ1) is 10.1. The molecule has 0 aliphatic carbocycles. The predicted octanol–water partition coefficient (Wildman–Crippen LogP) is 1.79. The van der Waals surface area contributed by atoms with Crippen LogP contribution in [0.1, 0.15) is 18.4 Å². The molecule has 0 radical (unpaired) electrons. The van der Waals surface area contributed by atoms with E-state index in [1.807, 2.05) is 30.3 Å². The Labute approximate surface area is 123 Å². The van der Waals surface area contributed by atoms with Gasteiger partial charge in [0.1, 0.15) is 6.61 Å². The van der Waals surface area contributed by atoms with Crippen molar-refractivity contribution in [3.05, 3.63) is 35.9 Å². The average molecular weight is 293 g/mol. The number of carboxylic acids is 1. The first-order valence-corrected chi connectivity index (χ1v) is 6.91. The molecule has 1 aliphatic heterocycles. The quantitative estimate of drug-likeness (QED) is 0.835. The summed E-state index contributed by atoms with van der Waals surface area (Å²) in [5.74, 6) is -0.797. The SMILES string of the molecule is O=C(O)CC1COC(CNC(=O)OCc2ccccc2)C1. The van der Waals surface area contributed by atoms with Gasteiger partial charge in [-0.1, -0.05) is 30.3 Å². The number of alkyl carbamates (subject to hydrolysis) is 1. The van der Waals surface area contributed by atoms with Crippen molar-refractivity contribution in [1.29, 1.82) is 0 Å². The number of ether oxygens (including phenoxy) is 2. The van der Waals surface area contributed by atoms with E-state index in [-0.39, 0.29) is 25.0 Å². The minimum Gasteiger partial charge on any atom is -0.481 e. The lowest BCUT2D eigenvalue weighted by Crippen LogP contribution is -2.32. The Morgan fingerprint density at radius 2 is 2.10 bits per heavy atom. The zero-order chi connectivity index (χ0) is 15.1. The van der Waals surface area contributed by atoms with Crippen molar-refractivity contribution in [2.24, 2.45) is 5.92 Å². The smallest absolute Gasteiger partial charge is 0.407 e. The summed E-state index contributed by atoms with van der Waals surface area (Å²) >= 11 is 0. The fourth-order valence-electron chi connectivity index (χ4n) is 2.28. The number of carbonyl (C=O) groups is 2. The molecule has 0 spiro atoms. The van der Waals surface area contributed by atoms with Crippen LogP contribution in [0.4, 0.5) is 4.79 Å². The second-order valence-corrected chi connectivity index (χ2v) is 5.10. The van der Waals surface area contributed by atoms with Crippen molar-refractivity contribution in [1.82, 2.24) is 5.32 Å². The molecule has 1 aromatic carbocycles. The number of aliphatic carboxylic acids is 1. The Hall–Kier alpha value is -2.08. The molecule has 0 bridgehead atoms. The summed E-state index contributed by atoms with van der Waals surface area (Å²) in [6, 6.07) is 9.42. The second kappa shape index (κ2) is 7.64. The van der Waals surface area contributed by atoms with Gasteiger partial charge < -0.3 is 19.9 Å². The highest BCUT2D eigenvalue weighted by Gasteiger charge is 2.27. The number of hydrogen-bond acceptors (Lipinski definition) is 4. The Balaban J connectivity index is 1.62. The maximum Gasteiger partial charge on any atom is 0.407 e. The zero-order valence-electron chi connectivity index (χ0n) is 11.7. The molecule has 1 saturated heterocycles. The number of amides is 1. The lowest BCUT2D eigenvalue weighted by atomic mass is 10.0. The van der Waals surface area contributed by atoms with Gasteiger partial charge in [0.15, 0.2) is 0 Å². The van der Waals surface area contributed by atoms with Crippen LogP contribution in [0.2, 0.25) is 0 Å². The highest BCUT2D eigenvalue weighted by Crippen LogP contribution is 2.22. The maximum absolute atomic E-state index is 11.5. The van der Waals surface area contributed by atoms with Gasteiger partial charge in [0, 0.05) is 6.54 Å². The third kappa shape index (κ3) is 5.43. The molecule has 6 nitrogen and oxygen atoms in total. The van der Waals surface area contributed by atoms with Gasteiger partial charge in [0.2, 0.25) is 0 Å². The molecule has 6 heteroatoms. The van der Waals surface area contributed by atoms with Crippen molar-refractivity contribution in [2.45, 2.75) is 25.6 Å². The number of hydrogen-bond donors (Lipinski definition) is 2. The van der Waals surface area contributed by atoms with Crippen LogP contribution in [-0.4, -0.2) is 36.4 Å². The van der Waals surface area contributed by atoms with Crippen molar-refractivity contribution >= 4 is 12.1 Å². The molecular formula is C15H19NO5. The van der Waals surface area contributed by atoms with E-state index in [0.717, 1.165) is 5.56 Å². The Morgan fingerprint density at radius 1 is 1.33 bits per heavy atom. The average Bonchev–Trinajstić information content (AvgIpc) is 2.91. The van der Waals surface area contributed by atoms with Gasteiger partial charge in [-0.05, 0) is 17.9 Å². The summed E-state index contributed by atoms with van der Waals surface area (Å²) in [5, 5.41) is 11.3. The highest BCUT2D eigenvalue weighted by molar-refractivity contribution is 5.67. The summed E-state index contributed by atoms with van der Waals surface area (Å²) in [6.45, 7) is 0.987. The molecule has 2 unspecified atom stereocenters. The van der Waals surface area contributed by atoms with Gasteiger partial charge in [-0.25, -0.2) is 4.79 Å². The van der Waals surface area contributed by atoms with Gasteiger partial charge in [0.05, 0.1) is 19.1 Å². The third-order valence-electron chi connectivity index (χ3n) is 3.31. The number of nitrogens with one attached hydrogen (secondary N) is 1. The van der Waals surface area contributed by atoms with Crippen molar-refractivity contribution in [2.75, 3.05) is 13.2 Å². The van der Waals surface area contributed by atoms with Crippen LogP contribution in [0.3, 0.4) is 0 Å². The fraction of sp³-hybridized carbons (Fsp3) is 0.467. The molecule has 1 amide bonds. The van der Waals surface area contributed by atoms with E-state index in [0.29, 0.717) is 19.6 Å². The van der Waals surface area contributed by atoms with E-state index < -0.39 is 12.1 Å². The Morgan fingerprint density at radius 3 is 2.81 bits per heavy atom. The number of carbonyl (C=O) groups excluding carboxylic acids is 1. The minimum absolute atomic E-state index is 0.0228. The first kappa shape index (κ1) is 15.3. The molecule has 114 valence electrons. The Kier molecular flexibility index (Phi) is 5.57. The maximum atomic E-state index is 11.5. The molecular weight excluding hydrogens is 274 g/mol. The number of benzene rings is 1. The van der Waals surface area contributed by atoms with E-state index in [2.05, 4.69) is 5.32 Å². The van der Waals surface area contributed by atoms with E-state index in [9.17, 15) is 9.59 Å². The van der Waals surface area contributed by atoms with Crippen LogP contribution in [0.5, 0.6) is 0 Å². The molecule has 0 saturated carbocycles. The highest BCUT2D eigenvalue weighted by atomic mass is 16.5. The summed E-state index contributed by atoms with van der Waals surface area (Å²) < 4.78 is 10.5. The molecule has 1 aromatic rings. The fourth-order valence-corrected chi connectivity index (χ4v) is 2.28. The minimum atomic E-state index is -0.820. The van der Waals surface area contributed by atoms with Crippen LogP contribution in [0, 0.1) is 5.92 Å². The van der Waals surface area contributed by atoms with Crippen molar-refractivity contribution in [3.8, 4) is 0 Å². The van der Waals surface area contributed by atoms with E-state index in [1.54, 1.807) is 0 Å². The molecule has 0 aromatic heterocycles. The summed E-state index contributed by atoms with van der Waals surface area (Å²) in [7, 11) is 0. The van der Waals surface area contributed by atoms with Gasteiger partial charge in [-0.15, -0.1) is 0 Å². The molecule has 1 heterocycles. The second-order valence-electron chi connectivity index (χ2n) is 5.10. The molecule has 2 atom stereocenters. The lowest BCUT2D eigenvalue weighted by Gasteiger charge is -2.11. The monoisotopic (exact) mass is 293 g/mol. The van der Waals surface area contributed by atoms with Crippen LogP contribution < -0.4 is 5.32 Å². The standard InChI is InChI=1S/C15H19NO5/c17-14(18)7-12-6-13(20-10-12)8-16-15(19)21-9-11-4-2-1-3-5-11/h1-5,12-13H,6-10H2,(H,16,19)(H,17,18). The van der Waals surface area contributed by atoms with E-state index >= 15 is 0 Å². The lowest BCUT2D eigenvalue weighted by molar-refractivity contribution is -0.138. The van der Waals surface area contributed by atoms with Gasteiger partial charge in [-0.3, -0.25) is 4.79 Å². The van der Waals surface area contributed by atoms with Gasteiger partial charge in [-0.2, -0.15) is 0 Å². The molecule has 21 heavy (non-hydrogen) atoms. The first-order valence-electron chi connectivity index (χ1n) is 6.91. The summed E-state index contributed by atoms with van der Waals surface area (Å²) in [6.07, 6.45) is 0.114. The van der Waals surface area contributed by atoms with E-state index in [1.165, 1.54) is 0 Å². The van der Waals surface area contributed by atoms with E-state index in [4.69, 9.17) is 14.6 Å². The van der Waals surface area contributed by atoms with Crippen LogP contribution in [-0.2, 0) is 20.9 Å². The normalized spacial score (nSPS) is 21.0. The third-order valence-corrected chi connectivity index (χ3v) is 3.31. The molecule has 1 fully saturated rings. The zero-order valence-corrected chi connectivity index (χ0v) is 11.7. The van der Waals surface area contributed by atoms with Gasteiger partial charge >= 0.3 is 12.1 Å². The van der Waals surface area contributed by atoms with Crippen LogP contribution in [0.25, 0.3) is 0 Å². The van der Waals surface area contributed by atoms with Crippen LogP contribution >= 0.6 is 0 Å². The molecule has 1 aliphatic rings. The summed E-state index contributed by atoms with van der Waals surface area (Å²) in [5.41, 5.74) is 0.922. The Bertz CT molecular complexity index is 476. The topological polar surface area (TPSA) is 84.9 Å². The largest absolute Gasteiger partial charge is 0.481 e. The molecule has 2 N–H and O–H groups in total. The predicted molar refractivity (Wildman–Crippen MR) is 74.7 cm³/mol.